The first kappa shape index (κ1) is 22.0. The van der Waals surface area contributed by atoms with E-state index in [0.29, 0.717) is 24.3 Å². The summed E-state index contributed by atoms with van der Waals surface area (Å²) < 4.78 is 5.70. The number of aromatic nitrogens is 2. The summed E-state index contributed by atoms with van der Waals surface area (Å²) in [7, 11) is 0. The largest absolute Gasteiger partial charge is 0.478 e. The number of carboxylic acids is 1. The van der Waals surface area contributed by atoms with E-state index in [0.717, 1.165) is 40.3 Å². The molecule has 0 amide bonds. The van der Waals surface area contributed by atoms with Crippen LogP contribution < -0.4 is 0 Å². The maximum Gasteiger partial charge on any atom is 0.335 e. The molecule has 0 spiro atoms. The zero-order valence-electron chi connectivity index (χ0n) is 17.5. The first-order valence-corrected chi connectivity index (χ1v) is 11.3. The van der Waals surface area contributed by atoms with Gasteiger partial charge in [0.05, 0.1) is 24.5 Å². The van der Waals surface area contributed by atoms with Crippen molar-refractivity contribution in [2.24, 2.45) is 0 Å². The van der Waals surface area contributed by atoms with Gasteiger partial charge in [0, 0.05) is 16.9 Å². The SMILES string of the molecule is CCc1ccc(-c2nnc(COCCSC)cc2-c2ccc(C(=O)O)c(C)c2)cc1. The molecule has 0 radical (unpaired) electrons. The van der Waals surface area contributed by atoms with E-state index in [-0.39, 0.29) is 0 Å². The third kappa shape index (κ3) is 5.26. The topological polar surface area (TPSA) is 72.3 Å². The number of carboxylic acid groups (broad SMARTS) is 1. The van der Waals surface area contributed by atoms with Crippen molar-refractivity contribution in [2.75, 3.05) is 18.6 Å². The Morgan fingerprint density at radius 2 is 1.80 bits per heavy atom. The van der Waals surface area contributed by atoms with Gasteiger partial charge in [0.15, 0.2) is 0 Å². The van der Waals surface area contributed by atoms with Gasteiger partial charge in [-0.2, -0.15) is 16.9 Å². The van der Waals surface area contributed by atoms with Crippen molar-refractivity contribution in [3.63, 3.8) is 0 Å². The highest BCUT2D eigenvalue weighted by atomic mass is 32.2. The summed E-state index contributed by atoms with van der Waals surface area (Å²) in [4.78, 5) is 11.4. The highest BCUT2D eigenvalue weighted by Gasteiger charge is 2.15. The second kappa shape index (κ2) is 10.4. The number of benzene rings is 2. The number of ether oxygens (including phenoxy) is 1. The predicted molar refractivity (Wildman–Crippen MR) is 122 cm³/mol. The Bertz CT molecular complexity index is 1020. The molecular weight excluding hydrogens is 396 g/mol. The van der Waals surface area contributed by atoms with Crippen LogP contribution in [0.3, 0.4) is 0 Å². The smallest absolute Gasteiger partial charge is 0.335 e. The summed E-state index contributed by atoms with van der Waals surface area (Å²) >= 11 is 1.74. The highest BCUT2D eigenvalue weighted by Crippen LogP contribution is 2.32. The molecule has 2 aromatic carbocycles. The summed E-state index contributed by atoms with van der Waals surface area (Å²) in [6.07, 6.45) is 3.02. The van der Waals surface area contributed by atoms with Crippen LogP contribution in [0.25, 0.3) is 22.4 Å². The van der Waals surface area contributed by atoms with Crippen LogP contribution >= 0.6 is 11.8 Å². The molecule has 0 aliphatic heterocycles. The number of aryl methyl sites for hydroxylation is 2. The molecule has 0 atom stereocenters. The molecule has 3 aromatic rings. The normalized spacial score (nSPS) is 10.9. The fraction of sp³-hybridized carbons (Fsp3) is 0.292. The van der Waals surface area contributed by atoms with Crippen LogP contribution in [0.15, 0.2) is 48.5 Å². The van der Waals surface area contributed by atoms with E-state index in [1.165, 1.54) is 5.56 Å². The third-order valence-corrected chi connectivity index (χ3v) is 5.50. The van der Waals surface area contributed by atoms with Gasteiger partial charge in [0.25, 0.3) is 0 Å². The molecule has 0 fully saturated rings. The number of thioether (sulfide) groups is 1. The lowest BCUT2D eigenvalue weighted by Gasteiger charge is -2.13. The first-order valence-electron chi connectivity index (χ1n) is 9.90. The van der Waals surface area contributed by atoms with Gasteiger partial charge in [-0.3, -0.25) is 0 Å². The number of rotatable bonds is 9. The first-order chi connectivity index (χ1) is 14.5. The quantitative estimate of drug-likeness (QED) is 0.474. The third-order valence-electron chi connectivity index (χ3n) is 4.93. The molecule has 0 saturated heterocycles. The molecule has 1 heterocycles. The minimum Gasteiger partial charge on any atom is -0.478 e. The van der Waals surface area contributed by atoms with E-state index in [1.807, 2.05) is 31.4 Å². The molecule has 0 aliphatic carbocycles. The Morgan fingerprint density at radius 1 is 1.07 bits per heavy atom. The molecule has 156 valence electrons. The Labute approximate surface area is 181 Å². The number of hydrogen-bond acceptors (Lipinski definition) is 5. The van der Waals surface area contributed by atoms with Crippen molar-refractivity contribution in [1.29, 1.82) is 0 Å². The second-order valence-corrected chi connectivity index (χ2v) is 8.01. The van der Waals surface area contributed by atoms with Gasteiger partial charge >= 0.3 is 5.97 Å². The molecule has 3 rings (SSSR count). The Hall–Kier alpha value is -2.70. The van der Waals surface area contributed by atoms with Crippen LogP contribution in [0.4, 0.5) is 0 Å². The van der Waals surface area contributed by atoms with Crippen LogP contribution in [-0.4, -0.2) is 39.9 Å². The summed E-state index contributed by atoms with van der Waals surface area (Å²) in [5.74, 6) is 0.00279. The molecule has 6 heteroatoms. The standard InChI is InChI=1S/C24H26N2O3S/c1-4-17-5-7-18(8-6-17)23-22(14-20(25-26-23)15-29-11-12-30-3)19-9-10-21(24(27)28)16(2)13-19/h5-10,13-14H,4,11-12,15H2,1-3H3,(H,27,28). The van der Waals surface area contributed by atoms with Crippen molar-refractivity contribution >= 4 is 17.7 Å². The van der Waals surface area contributed by atoms with Gasteiger partial charge in [-0.15, -0.1) is 5.10 Å². The number of nitrogens with zero attached hydrogens (tertiary/aromatic N) is 2. The molecule has 0 bridgehead atoms. The van der Waals surface area contributed by atoms with E-state index in [4.69, 9.17) is 4.74 Å². The molecule has 0 saturated carbocycles. The van der Waals surface area contributed by atoms with Crippen molar-refractivity contribution in [3.05, 3.63) is 70.9 Å². The monoisotopic (exact) mass is 422 g/mol. The molecule has 1 aromatic heterocycles. The molecular formula is C24H26N2O3S. The average molecular weight is 423 g/mol. The summed E-state index contributed by atoms with van der Waals surface area (Å²) in [6.45, 7) is 4.98. The Morgan fingerprint density at radius 3 is 2.43 bits per heavy atom. The van der Waals surface area contributed by atoms with Crippen molar-refractivity contribution in [3.8, 4) is 22.4 Å². The number of hydrogen-bond donors (Lipinski definition) is 1. The van der Waals surface area contributed by atoms with E-state index < -0.39 is 5.97 Å². The van der Waals surface area contributed by atoms with Crippen LogP contribution in [0, 0.1) is 6.92 Å². The van der Waals surface area contributed by atoms with Crippen molar-refractivity contribution < 1.29 is 14.6 Å². The Balaban J connectivity index is 2.03. The molecule has 0 aliphatic rings. The minimum absolute atomic E-state index is 0.301. The summed E-state index contributed by atoms with van der Waals surface area (Å²) in [6, 6.07) is 15.7. The van der Waals surface area contributed by atoms with E-state index in [1.54, 1.807) is 17.8 Å². The maximum atomic E-state index is 11.4. The van der Waals surface area contributed by atoms with Crippen LogP contribution in [0.2, 0.25) is 0 Å². The number of aromatic carboxylic acids is 1. The van der Waals surface area contributed by atoms with Crippen LogP contribution in [0.1, 0.15) is 34.1 Å². The molecule has 0 unspecified atom stereocenters. The molecule has 5 nitrogen and oxygen atoms in total. The van der Waals surface area contributed by atoms with Gasteiger partial charge < -0.3 is 9.84 Å². The maximum absolute atomic E-state index is 11.4. The van der Waals surface area contributed by atoms with Gasteiger partial charge in [0.2, 0.25) is 0 Å². The van der Waals surface area contributed by atoms with E-state index >= 15 is 0 Å². The fourth-order valence-electron chi connectivity index (χ4n) is 3.22. The highest BCUT2D eigenvalue weighted by molar-refractivity contribution is 7.98. The van der Waals surface area contributed by atoms with E-state index in [9.17, 15) is 9.90 Å². The van der Waals surface area contributed by atoms with Gasteiger partial charge in [-0.1, -0.05) is 43.3 Å². The zero-order valence-corrected chi connectivity index (χ0v) is 18.3. The van der Waals surface area contributed by atoms with Crippen LogP contribution in [-0.2, 0) is 17.8 Å². The van der Waals surface area contributed by atoms with Gasteiger partial charge in [0.1, 0.15) is 5.69 Å². The second-order valence-electron chi connectivity index (χ2n) is 7.03. The van der Waals surface area contributed by atoms with E-state index in [2.05, 4.69) is 41.4 Å². The van der Waals surface area contributed by atoms with Gasteiger partial charge in [-0.05, 0) is 48.4 Å². The molecule has 30 heavy (non-hydrogen) atoms. The molecule has 1 N–H and O–H groups in total. The lowest BCUT2D eigenvalue weighted by molar-refractivity contribution is 0.0696. The van der Waals surface area contributed by atoms with Gasteiger partial charge in [-0.25, -0.2) is 4.79 Å². The zero-order chi connectivity index (χ0) is 21.5. The van der Waals surface area contributed by atoms with Crippen molar-refractivity contribution in [2.45, 2.75) is 26.9 Å². The number of carbonyl (C=O) groups is 1. The van der Waals surface area contributed by atoms with Crippen LogP contribution in [0.5, 0.6) is 0 Å². The Kier molecular flexibility index (Phi) is 7.60. The van der Waals surface area contributed by atoms with Crippen molar-refractivity contribution in [1.82, 2.24) is 10.2 Å². The predicted octanol–water partition coefficient (Wildman–Crippen LogP) is 5.26. The summed E-state index contributed by atoms with van der Waals surface area (Å²) in [5.41, 5.74) is 6.59. The average Bonchev–Trinajstić information content (AvgIpc) is 2.76. The lowest BCUT2D eigenvalue weighted by Crippen LogP contribution is -2.04. The fourth-order valence-corrected chi connectivity index (χ4v) is 3.51. The summed E-state index contributed by atoms with van der Waals surface area (Å²) in [5, 5.41) is 18.2. The lowest BCUT2D eigenvalue weighted by atomic mass is 9.95. The minimum atomic E-state index is -0.926.